The van der Waals surface area contributed by atoms with Crippen LogP contribution in [-0.2, 0) is 11.3 Å². The van der Waals surface area contributed by atoms with Crippen LogP contribution in [0, 0.1) is 11.3 Å². The van der Waals surface area contributed by atoms with Gasteiger partial charge in [-0.1, -0.05) is 25.3 Å². The van der Waals surface area contributed by atoms with Crippen molar-refractivity contribution in [2.45, 2.75) is 115 Å². The van der Waals surface area contributed by atoms with Crippen molar-refractivity contribution in [3.05, 3.63) is 48.7 Å². The van der Waals surface area contributed by atoms with Crippen molar-refractivity contribution >= 4 is 11.6 Å². The van der Waals surface area contributed by atoms with Crippen LogP contribution in [0.5, 0.6) is 11.6 Å². The van der Waals surface area contributed by atoms with E-state index in [1.165, 1.54) is 6.33 Å². The van der Waals surface area contributed by atoms with Crippen LogP contribution in [0.1, 0.15) is 90.2 Å². The minimum Gasteiger partial charge on any atom is -0.487 e. The number of aliphatic hydroxyl groups excluding tert-OH is 1. The number of morpholine rings is 1. The van der Waals surface area contributed by atoms with Crippen LogP contribution in [0.2, 0.25) is 0 Å². The largest absolute Gasteiger partial charge is 0.487 e. The number of aromatic nitrogens is 8. The molecule has 3 aromatic heterocycles. The lowest BCUT2D eigenvalue weighted by molar-refractivity contribution is -0.0852. The number of tetrazole rings is 1. The van der Waals surface area contributed by atoms with Gasteiger partial charge in [0.2, 0.25) is 5.95 Å². The molecule has 15 nitrogen and oxygen atoms in total. The van der Waals surface area contributed by atoms with Gasteiger partial charge in [0.15, 0.2) is 0 Å². The predicted molar refractivity (Wildman–Crippen MR) is 194 cm³/mol. The highest BCUT2D eigenvalue weighted by atomic mass is 16.5. The summed E-state index contributed by atoms with van der Waals surface area (Å²) in [5, 5.41) is 38.3. The Morgan fingerprint density at radius 1 is 1.00 bits per heavy atom. The number of unbranched alkanes of at least 4 members (excludes halogenated alkanes) is 4. The van der Waals surface area contributed by atoms with Gasteiger partial charge in [0, 0.05) is 43.7 Å². The van der Waals surface area contributed by atoms with E-state index in [0.717, 1.165) is 87.7 Å². The smallest absolute Gasteiger partial charge is 0.256 e. The van der Waals surface area contributed by atoms with E-state index in [9.17, 15) is 5.26 Å². The molecule has 1 saturated heterocycles. The Hall–Kier alpha value is -4.65. The van der Waals surface area contributed by atoms with Gasteiger partial charge in [0.1, 0.15) is 29.9 Å². The molecule has 52 heavy (non-hydrogen) atoms. The zero-order chi connectivity index (χ0) is 36.3. The van der Waals surface area contributed by atoms with Crippen LogP contribution in [0.25, 0.3) is 11.1 Å². The van der Waals surface area contributed by atoms with E-state index in [1.807, 2.05) is 25.3 Å². The topological polar surface area (TPSA) is 174 Å². The molecule has 278 valence electrons. The summed E-state index contributed by atoms with van der Waals surface area (Å²) in [6, 6.07) is 8.49. The highest BCUT2D eigenvalue weighted by Crippen LogP contribution is 2.35. The number of ether oxygens (including phenoxy) is 3. The number of aliphatic hydroxyl groups is 1. The fourth-order valence-corrected chi connectivity index (χ4v) is 7.21. The summed E-state index contributed by atoms with van der Waals surface area (Å²) in [6.45, 7) is 9.46. The maximum absolute atomic E-state index is 9.70. The standard InChI is InChI=1S/C37H51N11O4/c1-26-21-46(22-27(2)51-26)32-11-13-33(14-12-32)48-24-34(36(43-48)50-16-8-6-4-5-7-15-49)42-37-39-19-31(20-40-37)29-9-10-30(18-38)35(17-29)52-28(3)23-47-25-41-44-45-47/h9-10,17,19-20,24-28,32-33,49H,4-8,11-16,21-23H2,1-3H3,(H,39,40,42)/t26-,27+,28-,32-,33-/m0/s1. The second-order valence-electron chi connectivity index (χ2n) is 14.0. The van der Waals surface area contributed by atoms with E-state index in [2.05, 4.69) is 60.3 Å². The molecule has 0 spiro atoms. The SMILES string of the molecule is C[C@@H]1CN([C@H]2CC[C@H](n3cc(Nc4ncc(-c5ccc(C#N)c(O[C@@H](C)Cn6cnnn6)c5)cn4)c(OCCCCCCCO)n3)CC2)C[C@H](C)O1. The van der Waals surface area contributed by atoms with Gasteiger partial charge in [-0.15, -0.1) is 10.2 Å². The third-order valence-corrected chi connectivity index (χ3v) is 9.74. The number of anilines is 2. The molecule has 2 N–H and O–H groups in total. The van der Waals surface area contributed by atoms with Gasteiger partial charge < -0.3 is 24.6 Å². The predicted octanol–water partition coefficient (Wildman–Crippen LogP) is 5.32. The number of benzene rings is 1. The molecular formula is C37H51N11O4. The van der Waals surface area contributed by atoms with Crippen molar-refractivity contribution < 1.29 is 19.3 Å². The van der Waals surface area contributed by atoms with Gasteiger partial charge in [0.25, 0.3) is 5.88 Å². The Morgan fingerprint density at radius 3 is 2.44 bits per heavy atom. The average Bonchev–Trinajstić information content (AvgIpc) is 3.81. The third-order valence-electron chi connectivity index (χ3n) is 9.74. The third kappa shape index (κ3) is 10.0. The first kappa shape index (κ1) is 37.1. The molecule has 15 heteroatoms. The lowest BCUT2D eigenvalue weighted by atomic mass is 9.89. The average molecular weight is 714 g/mol. The quantitative estimate of drug-likeness (QED) is 0.135. The van der Waals surface area contributed by atoms with Crippen LogP contribution in [0.4, 0.5) is 11.6 Å². The fourth-order valence-electron chi connectivity index (χ4n) is 7.21. The van der Waals surface area contributed by atoms with E-state index >= 15 is 0 Å². The van der Waals surface area contributed by atoms with Crippen molar-refractivity contribution in [3.8, 4) is 28.8 Å². The number of hydrogen-bond donors (Lipinski definition) is 2. The Balaban J connectivity index is 1.12. The first-order valence-corrected chi connectivity index (χ1v) is 18.6. The molecular weight excluding hydrogens is 662 g/mol. The summed E-state index contributed by atoms with van der Waals surface area (Å²) in [4.78, 5) is 11.9. The number of rotatable bonds is 17. The number of nitrogens with one attached hydrogen (secondary N) is 1. The van der Waals surface area contributed by atoms with E-state index in [0.29, 0.717) is 42.3 Å². The number of nitriles is 1. The van der Waals surface area contributed by atoms with Crippen LogP contribution in [0.3, 0.4) is 0 Å². The molecule has 3 atom stereocenters. The van der Waals surface area contributed by atoms with Gasteiger partial charge >= 0.3 is 0 Å². The van der Waals surface area contributed by atoms with E-state index in [1.54, 1.807) is 23.1 Å². The molecule has 0 amide bonds. The highest BCUT2D eigenvalue weighted by Gasteiger charge is 2.32. The van der Waals surface area contributed by atoms with Crippen molar-refractivity contribution in [2.24, 2.45) is 0 Å². The second kappa shape index (κ2) is 18.2. The molecule has 2 aliphatic rings. The number of nitrogens with zero attached hydrogens (tertiary/aromatic N) is 10. The van der Waals surface area contributed by atoms with Gasteiger partial charge in [-0.05, 0) is 87.4 Å². The van der Waals surface area contributed by atoms with Crippen LogP contribution in [-0.4, -0.2) is 101 Å². The van der Waals surface area contributed by atoms with Crippen LogP contribution >= 0.6 is 0 Å². The Morgan fingerprint density at radius 2 is 1.73 bits per heavy atom. The lowest BCUT2D eigenvalue weighted by Crippen LogP contribution is -2.51. The summed E-state index contributed by atoms with van der Waals surface area (Å²) in [5.41, 5.74) is 2.77. The summed E-state index contributed by atoms with van der Waals surface area (Å²) in [5.74, 6) is 1.44. The zero-order valence-electron chi connectivity index (χ0n) is 30.5. The minimum atomic E-state index is -0.273. The molecule has 1 aliphatic heterocycles. The fraction of sp³-hybridized carbons (Fsp3) is 0.595. The summed E-state index contributed by atoms with van der Waals surface area (Å²) in [6.07, 6.45) is 16.5. The van der Waals surface area contributed by atoms with Gasteiger partial charge in [-0.25, -0.2) is 14.6 Å². The molecule has 1 aliphatic carbocycles. The van der Waals surface area contributed by atoms with Gasteiger partial charge in [-0.2, -0.15) is 5.26 Å². The first-order chi connectivity index (χ1) is 25.4. The summed E-state index contributed by atoms with van der Waals surface area (Å²) < 4.78 is 22.0. The van der Waals surface area contributed by atoms with Crippen LogP contribution in [0.15, 0.2) is 43.1 Å². The molecule has 4 heterocycles. The highest BCUT2D eigenvalue weighted by molar-refractivity contribution is 5.67. The Kier molecular flexibility index (Phi) is 13.0. The van der Waals surface area contributed by atoms with Crippen LogP contribution < -0.4 is 14.8 Å². The molecule has 0 bridgehead atoms. The summed E-state index contributed by atoms with van der Waals surface area (Å²) >= 11 is 0. The van der Waals surface area contributed by atoms with E-state index in [-0.39, 0.29) is 31.0 Å². The van der Waals surface area contributed by atoms with Crippen molar-refractivity contribution in [1.82, 2.24) is 44.9 Å². The maximum atomic E-state index is 9.70. The Labute approximate surface area is 305 Å². The minimum absolute atomic E-state index is 0.241. The monoisotopic (exact) mass is 713 g/mol. The van der Waals surface area contributed by atoms with E-state index < -0.39 is 0 Å². The zero-order valence-corrected chi connectivity index (χ0v) is 30.5. The molecule has 6 rings (SSSR count). The molecule has 1 aromatic carbocycles. The lowest BCUT2D eigenvalue weighted by Gasteiger charge is -2.42. The molecule has 0 radical (unpaired) electrons. The normalized spacial score (nSPS) is 21.4. The van der Waals surface area contributed by atoms with Gasteiger partial charge in [-0.3, -0.25) is 9.58 Å². The van der Waals surface area contributed by atoms with E-state index in [4.69, 9.17) is 24.4 Å². The molecule has 2 fully saturated rings. The second-order valence-corrected chi connectivity index (χ2v) is 14.0. The number of hydrogen-bond acceptors (Lipinski definition) is 13. The molecule has 0 unspecified atom stereocenters. The molecule has 1 saturated carbocycles. The van der Waals surface area contributed by atoms with Crippen molar-refractivity contribution in [1.29, 1.82) is 5.26 Å². The summed E-state index contributed by atoms with van der Waals surface area (Å²) in [7, 11) is 0. The maximum Gasteiger partial charge on any atom is 0.256 e. The van der Waals surface area contributed by atoms with Crippen molar-refractivity contribution in [2.75, 3.05) is 31.6 Å². The van der Waals surface area contributed by atoms with Crippen molar-refractivity contribution in [3.63, 3.8) is 0 Å². The molecule has 4 aromatic rings. The first-order valence-electron chi connectivity index (χ1n) is 18.6. The Bertz CT molecular complexity index is 1710. The van der Waals surface area contributed by atoms with Gasteiger partial charge in [0.05, 0.1) is 43.2 Å².